The zero-order valence-corrected chi connectivity index (χ0v) is 22.1. The second-order valence-electron chi connectivity index (χ2n) is 8.48. The average molecular weight is 543 g/mol. The summed E-state index contributed by atoms with van der Waals surface area (Å²) in [4.78, 5) is 12.8. The molecule has 0 fully saturated rings. The predicted octanol–water partition coefficient (Wildman–Crippen LogP) is 8.01. The van der Waals surface area contributed by atoms with Gasteiger partial charge in [0, 0.05) is 26.9 Å². The Morgan fingerprint density at radius 2 is 1.66 bits per heavy atom. The van der Waals surface area contributed by atoms with E-state index in [-0.39, 0.29) is 12.2 Å². The Labute approximate surface area is 231 Å². The number of hydrogen-bond donors (Lipinski definition) is 1. The fraction of sp³-hybridized carbons (Fsp3) is 0.0968. The van der Waals surface area contributed by atoms with Gasteiger partial charge in [-0.25, -0.2) is 0 Å². The van der Waals surface area contributed by atoms with E-state index >= 15 is 0 Å². The first-order valence-electron chi connectivity index (χ1n) is 11.8. The number of carbonyl (C=O) groups is 1. The van der Waals surface area contributed by atoms with E-state index in [4.69, 9.17) is 32.7 Å². The normalized spacial score (nSPS) is 10.9. The van der Waals surface area contributed by atoms with Crippen LogP contribution in [0.2, 0.25) is 10.0 Å². The largest absolute Gasteiger partial charge is 0.489 e. The molecule has 0 bridgehead atoms. The van der Waals surface area contributed by atoms with Crippen molar-refractivity contribution in [2.24, 2.45) is 0 Å². The van der Waals surface area contributed by atoms with Gasteiger partial charge in [-0.05, 0) is 61.0 Å². The number of nitriles is 1. The molecule has 38 heavy (non-hydrogen) atoms. The second kappa shape index (κ2) is 12.8. The topological polar surface area (TPSA) is 71.3 Å². The number of benzene rings is 4. The van der Waals surface area contributed by atoms with Crippen molar-refractivity contribution in [3.05, 3.63) is 129 Å². The van der Waals surface area contributed by atoms with Crippen LogP contribution >= 0.6 is 23.2 Å². The summed E-state index contributed by atoms with van der Waals surface area (Å²) >= 11 is 12.1. The van der Waals surface area contributed by atoms with Gasteiger partial charge in [0.05, 0.1) is 0 Å². The minimum Gasteiger partial charge on any atom is -0.489 e. The molecule has 0 saturated heterocycles. The third-order valence-corrected chi connectivity index (χ3v) is 6.21. The number of aryl methyl sites for hydroxylation is 1. The summed E-state index contributed by atoms with van der Waals surface area (Å²) < 4.78 is 11.7. The fourth-order valence-corrected chi connectivity index (χ4v) is 3.98. The highest BCUT2D eigenvalue weighted by Crippen LogP contribution is 2.25. The highest BCUT2D eigenvalue weighted by molar-refractivity contribution is 6.35. The molecule has 1 amide bonds. The minimum absolute atomic E-state index is 0.0471. The van der Waals surface area contributed by atoms with Crippen LogP contribution in [0.5, 0.6) is 11.5 Å². The third kappa shape index (κ3) is 7.39. The van der Waals surface area contributed by atoms with Crippen molar-refractivity contribution in [1.82, 2.24) is 0 Å². The quantitative estimate of drug-likeness (QED) is 0.172. The Bertz CT molecular complexity index is 1490. The molecule has 0 atom stereocenters. The Morgan fingerprint density at radius 1 is 0.921 bits per heavy atom. The SMILES string of the molecule is Cc1ccc(COc2ccccc2/C=C(\C#N)C(=O)Nc2ccc(OCc3ccc(Cl)cc3Cl)cc2)cc1. The Balaban J connectivity index is 1.39. The van der Waals surface area contributed by atoms with Crippen LogP contribution in [0.4, 0.5) is 5.69 Å². The van der Waals surface area contributed by atoms with Crippen molar-refractivity contribution >= 4 is 40.9 Å². The molecule has 0 aromatic heterocycles. The summed E-state index contributed by atoms with van der Waals surface area (Å²) in [6, 6.07) is 29.4. The van der Waals surface area contributed by atoms with E-state index in [1.807, 2.05) is 55.5 Å². The van der Waals surface area contributed by atoms with Crippen molar-refractivity contribution in [2.75, 3.05) is 5.32 Å². The number of nitrogens with zero attached hydrogens (tertiary/aromatic N) is 1. The molecule has 1 N–H and O–H groups in total. The maximum absolute atomic E-state index is 12.8. The fourth-order valence-electron chi connectivity index (χ4n) is 3.51. The molecular formula is C31H24Cl2N2O3. The van der Waals surface area contributed by atoms with Gasteiger partial charge < -0.3 is 14.8 Å². The first kappa shape index (κ1) is 26.8. The van der Waals surface area contributed by atoms with Crippen LogP contribution in [0.1, 0.15) is 22.3 Å². The lowest BCUT2D eigenvalue weighted by molar-refractivity contribution is -0.112. The lowest BCUT2D eigenvalue weighted by atomic mass is 10.1. The van der Waals surface area contributed by atoms with Crippen LogP contribution in [0.3, 0.4) is 0 Å². The monoisotopic (exact) mass is 542 g/mol. The van der Waals surface area contributed by atoms with Crippen LogP contribution < -0.4 is 14.8 Å². The number of hydrogen-bond acceptors (Lipinski definition) is 4. The zero-order valence-electron chi connectivity index (χ0n) is 20.6. The molecule has 4 aromatic carbocycles. The van der Waals surface area contributed by atoms with Crippen LogP contribution in [-0.4, -0.2) is 5.91 Å². The molecule has 0 unspecified atom stereocenters. The van der Waals surface area contributed by atoms with E-state index in [1.165, 1.54) is 11.6 Å². The van der Waals surface area contributed by atoms with Gasteiger partial charge in [0.2, 0.25) is 0 Å². The maximum atomic E-state index is 12.8. The predicted molar refractivity (Wildman–Crippen MR) is 151 cm³/mol. The van der Waals surface area contributed by atoms with E-state index in [1.54, 1.807) is 48.5 Å². The molecule has 0 aliphatic rings. The summed E-state index contributed by atoms with van der Waals surface area (Å²) in [5.74, 6) is 0.656. The molecule has 0 aliphatic heterocycles. The molecule has 190 valence electrons. The first-order chi connectivity index (χ1) is 18.4. The number of para-hydroxylation sites is 1. The zero-order chi connectivity index (χ0) is 26.9. The standard InChI is InChI=1S/C31H24Cl2N2O3/c1-21-6-8-22(9-7-21)19-38-30-5-3-2-4-23(30)16-25(18-34)31(36)35-27-12-14-28(15-13-27)37-20-24-10-11-26(32)17-29(24)33/h2-17H,19-20H2,1H3,(H,35,36)/b25-16+. The summed E-state index contributed by atoms with van der Waals surface area (Å²) in [6.07, 6.45) is 1.52. The summed E-state index contributed by atoms with van der Waals surface area (Å²) in [7, 11) is 0. The molecule has 4 rings (SSSR count). The van der Waals surface area contributed by atoms with E-state index in [2.05, 4.69) is 5.32 Å². The van der Waals surface area contributed by atoms with Gasteiger partial charge in [0.25, 0.3) is 5.91 Å². The summed E-state index contributed by atoms with van der Waals surface area (Å²) in [5.41, 5.74) is 4.12. The van der Waals surface area contributed by atoms with Gasteiger partial charge in [-0.1, -0.05) is 77.3 Å². The number of rotatable bonds is 9. The molecule has 0 radical (unpaired) electrons. The van der Waals surface area contributed by atoms with Crippen LogP contribution in [0.15, 0.2) is 96.6 Å². The molecular weight excluding hydrogens is 519 g/mol. The van der Waals surface area contributed by atoms with Crippen molar-refractivity contribution in [1.29, 1.82) is 5.26 Å². The van der Waals surface area contributed by atoms with Crippen molar-refractivity contribution in [2.45, 2.75) is 20.1 Å². The van der Waals surface area contributed by atoms with Crippen molar-refractivity contribution in [3.8, 4) is 17.6 Å². The summed E-state index contributed by atoms with van der Waals surface area (Å²) in [5, 5.41) is 13.5. The molecule has 0 saturated carbocycles. The van der Waals surface area contributed by atoms with Crippen molar-refractivity contribution in [3.63, 3.8) is 0 Å². The average Bonchev–Trinajstić information content (AvgIpc) is 2.92. The van der Waals surface area contributed by atoms with Gasteiger partial charge >= 0.3 is 0 Å². The number of halogens is 2. The van der Waals surface area contributed by atoms with E-state index < -0.39 is 5.91 Å². The number of nitrogens with one attached hydrogen (secondary N) is 1. The van der Waals surface area contributed by atoms with Gasteiger partial charge in [0.1, 0.15) is 36.4 Å². The Morgan fingerprint density at radius 3 is 2.37 bits per heavy atom. The van der Waals surface area contributed by atoms with Crippen LogP contribution in [0, 0.1) is 18.3 Å². The highest BCUT2D eigenvalue weighted by atomic mass is 35.5. The lowest BCUT2D eigenvalue weighted by Crippen LogP contribution is -2.13. The Kier molecular flexibility index (Phi) is 9.05. The smallest absolute Gasteiger partial charge is 0.266 e. The number of amides is 1. The number of anilines is 1. The van der Waals surface area contributed by atoms with Gasteiger partial charge in [-0.2, -0.15) is 5.26 Å². The molecule has 0 spiro atoms. The molecule has 5 nitrogen and oxygen atoms in total. The van der Waals surface area contributed by atoms with Crippen molar-refractivity contribution < 1.29 is 14.3 Å². The van der Waals surface area contributed by atoms with E-state index in [0.29, 0.717) is 39.4 Å². The third-order valence-electron chi connectivity index (χ3n) is 5.62. The minimum atomic E-state index is -0.526. The van der Waals surface area contributed by atoms with Gasteiger partial charge in [-0.3, -0.25) is 4.79 Å². The Hall–Kier alpha value is -4.24. The second-order valence-corrected chi connectivity index (χ2v) is 9.33. The van der Waals surface area contributed by atoms with E-state index in [9.17, 15) is 10.1 Å². The van der Waals surface area contributed by atoms with Gasteiger partial charge in [-0.15, -0.1) is 0 Å². The number of carbonyl (C=O) groups excluding carboxylic acids is 1. The molecule has 4 aromatic rings. The van der Waals surface area contributed by atoms with Crippen LogP contribution in [0.25, 0.3) is 6.08 Å². The highest BCUT2D eigenvalue weighted by Gasteiger charge is 2.12. The molecule has 0 heterocycles. The van der Waals surface area contributed by atoms with E-state index in [0.717, 1.165) is 11.1 Å². The number of ether oxygens (including phenoxy) is 2. The first-order valence-corrected chi connectivity index (χ1v) is 12.5. The lowest BCUT2D eigenvalue weighted by Gasteiger charge is -2.11. The molecule has 0 aliphatic carbocycles. The van der Waals surface area contributed by atoms with Crippen LogP contribution in [-0.2, 0) is 18.0 Å². The van der Waals surface area contributed by atoms with Gasteiger partial charge in [0.15, 0.2) is 0 Å². The molecule has 7 heteroatoms. The maximum Gasteiger partial charge on any atom is 0.266 e. The summed E-state index contributed by atoms with van der Waals surface area (Å²) in [6.45, 7) is 2.67.